The number of nitrogens with zero attached hydrogens (tertiary/aromatic N) is 1. The zero-order valence-electron chi connectivity index (χ0n) is 18.3. The number of urea groups is 1. The lowest BCUT2D eigenvalue weighted by molar-refractivity contribution is -0.139. The normalized spacial score (nSPS) is 14.6. The predicted octanol–water partition coefficient (Wildman–Crippen LogP) is 3.40. The summed E-state index contributed by atoms with van der Waals surface area (Å²) < 4.78 is 11.0. The molecule has 1 fully saturated rings. The third-order valence-corrected chi connectivity index (χ3v) is 5.01. The van der Waals surface area contributed by atoms with Gasteiger partial charge in [-0.15, -0.1) is 0 Å². The molecule has 4 amide bonds. The predicted molar refractivity (Wildman–Crippen MR) is 126 cm³/mol. The van der Waals surface area contributed by atoms with E-state index in [0.717, 1.165) is 10.5 Å². The molecule has 0 unspecified atom stereocenters. The summed E-state index contributed by atoms with van der Waals surface area (Å²) in [5.74, 6) is -2.16. The molecule has 1 heterocycles. The second-order valence-electron chi connectivity index (χ2n) is 7.45. The molecule has 0 spiro atoms. The van der Waals surface area contributed by atoms with Crippen LogP contribution in [0.4, 0.5) is 10.5 Å². The van der Waals surface area contributed by atoms with E-state index in [4.69, 9.17) is 14.6 Å². The van der Waals surface area contributed by atoms with Crippen molar-refractivity contribution >= 4 is 35.6 Å². The van der Waals surface area contributed by atoms with E-state index in [2.05, 4.69) is 5.32 Å². The van der Waals surface area contributed by atoms with Crippen LogP contribution in [0.2, 0.25) is 0 Å². The number of carbonyl (C=O) groups excluding carboxylic acids is 3. The highest BCUT2D eigenvalue weighted by atomic mass is 16.5. The lowest BCUT2D eigenvalue weighted by atomic mass is 10.1. The third-order valence-electron chi connectivity index (χ3n) is 5.01. The fourth-order valence-electron chi connectivity index (χ4n) is 3.35. The van der Waals surface area contributed by atoms with Gasteiger partial charge < -0.3 is 14.6 Å². The molecule has 1 aliphatic heterocycles. The van der Waals surface area contributed by atoms with Crippen molar-refractivity contribution in [1.29, 1.82) is 0 Å². The number of benzene rings is 3. The van der Waals surface area contributed by atoms with Crippen molar-refractivity contribution in [1.82, 2.24) is 5.32 Å². The van der Waals surface area contributed by atoms with Crippen LogP contribution in [-0.2, 0) is 21.0 Å². The molecule has 35 heavy (non-hydrogen) atoms. The average Bonchev–Trinajstić information content (AvgIpc) is 2.86. The maximum atomic E-state index is 13.1. The number of imide groups is 2. The van der Waals surface area contributed by atoms with Crippen LogP contribution in [-0.4, -0.2) is 35.5 Å². The van der Waals surface area contributed by atoms with Crippen molar-refractivity contribution in [2.45, 2.75) is 6.61 Å². The van der Waals surface area contributed by atoms with Gasteiger partial charge in [0.25, 0.3) is 11.8 Å². The number of ether oxygens (including phenoxy) is 2. The van der Waals surface area contributed by atoms with Gasteiger partial charge in [0.1, 0.15) is 23.7 Å². The Morgan fingerprint density at radius 3 is 2.29 bits per heavy atom. The third kappa shape index (κ3) is 5.53. The van der Waals surface area contributed by atoms with Crippen LogP contribution in [0.1, 0.15) is 11.1 Å². The summed E-state index contributed by atoms with van der Waals surface area (Å²) in [6.45, 7) is -0.238. The van der Waals surface area contributed by atoms with E-state index in [1.807, 2.05) is 30.3 Å². The minimum Gasteiger partial charge on any atom is -0.489 e. The second-order valence-corrected chi connectivity index (χ2v) is 7.45. The van der Waals surface area contributed by atoms with Crippen molar-refractivity contribution < 1.29 is 33.8 Å². The van der Waals surface area contributed by atoms with Crippen LogP contribution in [0.5, 0.6) is 11.5 Å². The van der Waals surface area contributed by atoms with Gasteiger partial charge in [-0.1, -0.05) is 48.5 Å². The van der Waals surface area contributed by atoms with E-state index >= 15 is 0 Å². The fraction of sp³-hybridized carbons (Fsp3) is 0.0769. The van der Waals surface area contributed by atoms with E-state index in [-0.39, 0.29) is 17.0 Å². The van der Waals surface area contributed by atoms with Gasteiger partial charge in [-0.05, 0) is 42.0 Å². The number of anilines is 1. The minimum atomic E-state index is -1.17. The molecule has 0 aromatic heterocycles. The molecule has 1 aliphatic rings. The van der Waals surface area contributed by atoms with Gasteiger partial charge in [0.05, 0.1) is 5.69 Å². The van der Waals surface area contributed by atoms with E-state index in [1.54, 1.807) is 30.3 Å². The first-order valence-electron chi connectivity index (χ1n) is 10.5. The smallest absolute Gasteiger partial charge is 0.341 e. The number of carboxylic acids is 1. The maximum absolute atomic E-state index is 13.1. The lowest BCUT2D eigenvalue weighted by Gasteiger charge is -2.26. The van der Waals surface area contributed by atoms with Gasteiger partial charge in [-0.3, -0.25) is 14.9 Å². The topological polar surface area (TPSA) is 122 Å². The monoisotopic (exact) mass is 472 g/mol. The van der Waals surface area contributed by atoms with Gasteiger partial charge in [0, 0.05) is 5.56 Å². The van der Waals surface area contributed by atoms with E-state index in [1.165, 1.54) is 24.3 Å². The quantitative estimate of drug-likeness (QED) is 0.381. The first-order valence-corrected chi connectivity index (χ1v) is 10.5. The SMILES string of the molecule is O=C(O)COc1ccccc1C=C1C(=O)NC(=O)N(c2ccc(OCc3ccccc3)cc2)C1=O. The maximum Gasteiger partial charge on any atom is 0.341 e. The number of amides is 4. The van der Waals surface area contributed by atoms with Gasteiger partial charge in [0.2, 0.25) is 0 Å². The molecule has 0 aliphatic carbocycles. The highest BCUT2D eigenvalue weighted by molar-refractivity contribution is 6.39. The first-order chi connectivity index (χ1) is 16.9. The Morgan fingerprint density at radius 1 is 0.886 bits per heavy atom. The van der Waals surface area contributed by atoms with Crippen LogP contribution in [0.3, 0.4) is 0 Å². The molecule has 0 bridgehead atoms. The Kier molecular flexibility index (Phi) is 6.87. The Bertz CT molecular complexity index is 1300. The molecule has 0 saturated carbocycles. The lowest BCUT2D eigenvalue weighted by Crippen LogP contribution is -2.54. The van der Waals surface area contributed by atoms with Crippen LogP contribution in [0.25, 0.3) is 6.08 Å². The van der Waals surface area contributed by atoms with Crippen molar-refractivity contribution in [3.8, 4) is 11.5 Å². The van der Waals surface area contributed by atoms with Gasteiger partial charge >= 0.3 is 12.0 Å². The van der Waals surface area contributed by atoms with Gasteiger partial charge in [-0.2, -0.15) is 0 Å². The summed E-state index contributed by atoms with van der Waals surface area (Å²) in [6.07, 6.45) is 1.26. The van der Waals surface area contributed by atoms with E-state index < -0.39 is 30.4 Å². The summed E-state index contributed by atoms with van der Waals surface area (Å²) in [4.78, 5) is 49.7. The molecule has 2 N–H and O–H groups in total. The van der Waals surface area contributed by atoms with Crippen LogP contribution >= 0.6 is 0 Å². The zero-order valence-corrected chi connectivity index (χ0v) is 18.3. The van der Waals surface area contributed by atoms with E-state index in [9.17, 15) is 19.2 Å². The Morgan fingerprint density at radius 2 is 1.57 bits per heavy atom. The highest BCUT2D eigenvalue weighted by Crippen LogP contribution is 2.27. The molecule has 9 nitrogen and oxygen atoms in total. The van der Waals surface area contributed by atoms with Crippen molar-refractivity contribution in [2.24, 2.45) is 0 Å². The zero-order chi connectivity index (χ0) is 24.8. The Balaban J connectivity index is 1.55. The number of carboxylic acid groups (broad SMARTS) is 1. The summed E-state index contributed by atoms with van der Waals surface area (Å²) in [5.41, 5.74) is 1.24. The number of hydrogen-bond acceptors (Lipinski definition) is 6. The molecule has 0 atom stereocenters. The summed E-state index contributed by atoms with van der Waals surface area (Å²) >= 11 is 0. The molecule has 176 valence electrons. The molecular weight excluding hydrogens is 452 g/mol. The van der Waals surface area contributed by atoms with Gasteiger partial charge in [-0.25, -0.2) is 14.5 Å². The number of barbiturate groups is 1. The largest absolute Gasteiger partial charge is 0.489 e. The number of rotatable bonds is 8. The average molecular weight is 472 g/mol. The number of nitrogens with one attached hydrogen (secondary N) is 1. The molecule has 3 aromatic carbocycles. The molecule has 3 aromatic rings. The summed E-state index contributed by atoms with van der Waals surface area (Å²) in [7, 11) is 0. The van der Waals surface area contributed by atoms with E-state index in [0.29, 0.717) is 17.9 Å². The second kappa shape index (κ2) is 10.3. The Labute approximate surface area is 200 Å². The number of carbonyl (C=O) groups is 4. The highest BCUT2D eigenvalue weighted by Gasteiger charge is 2.37. The van der Waals surface area contributed by atoms with Crippen molar-refractivity contribution in [3.05, 3.63) is 95.6 Å². The molecule has 1 saturated heterocycles. The number of hydrogen-bond donors (Lipinski definition) is 2. The standard InChI is InChI=1S/C26H20N2O7/c29-23(30)16-35-22-9-5-4-8-18(22)14-21-24(31)27-26(33)28(25(21)32)19-10-12-20(13-11-19)34-15-17-6-2-1-3-7-17/h1-14H,15-16H2,(H,29,30)(H,27,31,33). The van der Waals surface area contributed by atoms with Crippen molar-refractivity contribution in [2.75, 3.05) is 11.5 Å². The van der Waals surface area contributed by atoms with Crippen LogP contribution in [0.15, 0.2) is 84.4 Å². The van der Waals surface area contributed by atoms with Crippen LogP contribution < -0.4 is 19.7 Å². The number of para-hydroxylation sites is 1. The summed E-state index contributed by atoms with van der Waals surface area (Å²) in [5, 5.41) is 11.0. The van der Waals surface area contributed by atoms with Crippen LogP contribution in [0, 0.1) is 0 Å². The molecule has 4 rings (SSSR count). The van der Waals surface area contributed by atoms with Crippen molar-refractivity contribution in [3.63, 3.8) is 0 Å². The van der Waals surface area contributed by atoms with Gasteiger partial charge in [0.15, 0.2) is 6.61 Å². The molecular formula is C26H20N2O7. The summed E-state index contributed by atoms with van der Waals surface area (Å²) in [6, 6.07) is 21.4. The number of aliphatic carboxylic acids is 1. The molecule has 9 heteroatoms. The fourth-order valence-corrected chi connectivity index (χ4v) is 3.35. The Hall–Kier alpha value is -4.92. The minimum absolute atomic E-state index is 0.173. The molecule has 0 radical (unpaired) electrons. The first kappa shape index (κ1) is 23.2.